The Morgan fingerprint density at radius 3 is 2.52 bits per heavy atom. The highest BCUT2D eigenvalue weighted by Gasteiger charge is 2.29. The molecule has 2 heterocycles. The minimum atomic E-state index is 0.253. The number of carbonyl (C=O) groups excluding carboxylic acids is 1. The van der Waals surface area contributed by atoms with E-state index in [9.17, 15) is 4.79 Å². The molecule has 0 spiro atoms. The molecule has 2 aliphatic rings. The number of anilines is 1. The maximum Gasteiger partial charge on any atom is 0.227 e. The molecule has 0 aliphatic carbocycles. The predicted molar refractivity (Wildman–Crippen MR) is 85.0 cm³/mol. The van der Waals surface area contributed by atoms with Gasteiger partial charge in [0.05, 0.1) is 6.42 Å². The Morgan fingerprint density at radius 1 is 1.10 bits per heavy atom. The molecule has 1 aromatic carbocycles. The van der Waals surface area contributed by atoms with Crippen LogP contribution in [-0.4, -0.2) is 47.9 Å². The number of amides is 1. The topological polar surface area (TPSA) is 49.6 Å². The van der Waals surface area contributed by atoms with Crippen molar-refractivity contribution in [3.63, 3.8) is 0 Å². The maximum absolute atomic E-state index is 12.5. The first kappa shape index (κ1) is 14.4. The van der Waals surface area contributed by atoms with E-state index < -0.39 is 0 Å². The van der Waals surface area contributed by atoms with E-state index in [1.165, 1.54) is 32.4 Å². The lowest BCUT2D eigenvalue weighted by Gasteiger charge is -2.37. The molecule has 3 rings (SSSR count). The van der Waals surface area contributed by atoms with Gasteiger partial charge in [0.15, 0.2) is 0 Å². The van der Waals surface area contributed by atoms with E-state index >= 15 is 0 Å². The molecule has 21 heavy (non-hydrogen) atoms. The fourth-order valence-electron chi connectivity index (χ4n) is 3.51. The van der Waals surface area contributed by atoms with E-state index in [0.29, 0.717) is 12.5 Å². The van der Waals surface area contributed by atoms with E-state index in [-0.39, 0.29) is 5.91 Å². The van der Waals surface area contributed by atoms with Crippen LogP contribution in [0.25, 0.3) is 0 Å². The molecule has 4 heteroatoms. The Kier molecular flexibility index (Phi) is 4.44. The molecular formula is C17H25N3O. The van der Waals surface area contributed by atoms with Gasteiger partial charge in [0.1, 0.15) is 0 Å². The first-order valence-electron chi connectivity index (χ1n) is 8.08. The van der Waals surface area contributed by atoms with Gasteiger partial charge in [-0.15, -0.1) is 0 Å². The first-order valence-corrected chi connectivity index (χ1v) is 8.08. The van der Waals surface area contributed by atoms with Crippen LogP contribution in [0.1, 0.15) is 31.2 Å². The minimum absolute atomic E-state index is 0.253. The molecule has 0 bridgehead atoms. The summed E-state index contributed by atoms with van der Waals surface area (Å²) in [5.41, 5.74) is 7.49. The summed E-state index contributed by atoms with van der Waals surface area (Å²) in [6, 6.07) is 8.22. The number of hydrogen-bond donors (Lipinski definition) is 1. The number of nitrogens with two attached hydrogens (primary N) is 1. The summed E-state index contributed by atoms with van der Waals surface area (Å²) < 4.78 is 0. The van der Waals surface area contributed by atoms with Crippen molar-refractivity contribution in [1.82, 2.24) is 9.80 Å². The normalized spacial score (nSPS) is 23.4. The van der Waals surface area contributed by atoms with E-state index in [1.807, 2.05) is 24.3 Å². The fraction of sp³-hybridized carbons (Fsp3) is 0.588. The lowest BCUT2D eigenvalue weighted by atomic mass is 10.0. The molecule has 1 unspecified atom stereocenters. The maximum atomic E-state index is 12.5. The Morgan fingerprint density at radius 2 is 1.81 bits per heavy atom. The van der Waals surface area contributed by atoms with Crippen LogP contribution in [0.4, 0.5) is 5.69 Å². The highest BCUT2D eigenvalue weighted by atomic mass is 16.2. The molecule has 1 amide bonds. The summed E-state index contributed by atoms with van der Waals surface area (Å²) in [7, 11) is 0. The summed E-state index contributed by atoms with van der Waals surface area (Å²) >= 11 is 0. The van der Waals surface area contributed by atoms with Gasteiger partial charge in [0.2, 0.25) is 5.91 Å². The molecule has 2 aliphatic heterocycles. The second-order valence-electron chi connectivity index (χ2n) is 6.30. The fourth-order valence-corrected chi connectivity index (χ4v) is 3.51. The van der Waals surface area contributed by atoms with Gasteiger partial charge in [0.25, 0.3) is 0 Å². The standard InChI is InChI=1S/C17H25N3O/c18-15-7-5-14(6-8-15)12-17(21)20-11-3-4-16(13-20)19-9-1-2-10-19/h5-8,16H,1-4,9-13,18H2. The lowest BCUT2D eigenvalue weighted by Crippen LogP contribution is -2.49. The van der Waals surface area contributed by atoms with Crippen molar-refractivity contribution in [2.24, 2.45) is 0 Å². The number of carbonyl (C=O) groups is 1. The average molecular weight is 287 g/mol. The molecule has 1 atom stereocenters. The Hall–Kier alpha value is -1.55. The van der Waals surface area contributed by atoms with Crippen molar-refractivity contribution in [3.8, 4) is 0 Å². The molecule has 0 saturated carbocycles. The molecule has 2 N–H and O–H groups in total. The van der Waals surface area contributed by atoms with Gasteiger partial charge >= 0.3 is 0 Å². The Labute approximate surface area is 126 Å². The highest BCUT2D eigenvalue weighted by Crippen LogP contribution is 2.21. The second kappa shape index (κ2) is 6.48. The summed E-state index contributed by atoms with van der Waals surface area (Å²) in [6.07, 6.45) is 5.50. The molecule has 0 aromatic heterocycles. The number of benzene rings is 1. The largest absolute Gasteiger partial charge is 0.399 e. The van der Waals surface area contributed by atoms with Crippen LogP contribution < -0.4 is 5.73 Å². The van der Waals surface area contributed by atoms with Crippen molar-refractivity contribution in [2.45, 2.75) is 38.1 Å². The number of likely N-dealkylation sites (tertiary alicyclic amines) is 2. The van der Waals surface area contributed by atoms with E-state index in [0.717, 1.165) is 30.8 Å². The molecular weight excluding hydrogens is 262 g/mol. The van der Waals surface area contributed by atoms with Gasteiger partial charge < -0.3 is 10.6 Å². The first-order chi connectivity index (χ1) is 10.2. The highest BCUT2D eigenvalue weighted by molar-refractivity contribution is 5.79. The van der Waals surface area contributed by atoms with Gasteiger partial charge in [0, 0.05) is 24.8 Å². The van der Waals surface area contributed by atoms with Crippen LogP contribution in [-0.2, 0) is 11.2 Å². The van der Waals surface area contributed by atoms with Crippen LogP contribution in [0, 0.1) is 0 Å². The molecule has 2 saturated heterocycles. The van der Waals surface area contributed by atoms with E-state index in [2.05, 4.69) is 9.80 Å². The van der Waals surface area contributed by atoms with Crippen molar-refractivity contribution in [1.29, 1.82) is 0 Å². The van der Waals surface area contributed by atoms with Gasteiger partial charge in [-0.2, -0.15) is 0 Å². The van der Waals surface area contributed by atoms with Crippen LogP contribution in [0.15, 0.2) is 24.3 Å². The average Bonchev–Trinajstić information content (AvgIpc) is 3.04. The number of nitrogen functional groups attached to an aromatic ring is 1. The van der Waals surface area contributed by atoms with Crippen LogP contribution in [0.3, 0.4) is 0 Å². The number of nitrogens with zero attached hydrogens (tertiary/aromatic N) is 2. The SMILES string of the molecule is Nc1ccc(CC(=O)N2CCCC(N3CCCC3)C2)cc1. The zero-order chi connectivity index (χ0) is 14.7. The van der Waals surface area contributed by atoms with Gasteiger partial charge in [-0.1, -0.05) is 12.1 Å². The minimum Gasteiger partial charge on any atom is -0.399 e. The third-order valence-electron chi connectivity index (χ3n) is 4.74. The van der Waals surface area contributed by atoms with E-state index in [4.69, 9.17) is 5.73 Å². The quantitative estimate of drug-likeness (QED) is 0.864. The van der Waals surface area contributed by atoms with Crippen LogP contribution in [0.5, 0.6) is 0 Å². The van der Waals surface area contributed by atoms with Gasteiger partial charge in [-0.3, -0.25) is 9.69 Å². The number of hydrogen-bond acceptors (Lipinski definition) is 3. The summed E-state index contributed by atoms with van der Waals surface area (Å²) in [5.74, 6) is 0.253. The van der Waals surface area contributed by atoms with Crippen molar-refractivity contribution < 1.29 is 4.79 Å². The number of piperidine rings is 1. The van der Waals surface area contributed by atoms with Crippen LogP contribution >= 0.6 is 0 Å². The van der Waals surface area contributed by atoms with Crippen molar-refractivity contribution in [3.05, 3.63) is 29.8 Å². The molecule has 0 radical (unpaired) electrons. The third-order valence-corrected chi connectivity index (χ3v) is 4.74. The molecule has 114 valence electrons. The monoisotopic (exact) mass is 287 g/mol. The Balaban J connectivity index is 1.57. The zero-order valence-electron chi connectivity index (χ0n) is 12.6. The summed E-state index contributed by atoms with van der Waals surface area (Å²) in [5, 5.41) is 0. The smallest absolute Gasteiger partial charge is 0.227 e. The van der Waals surface area contributed by atoms with Crippen molar-refractivity contribution >= 4 is 11.6 Å². The van der Waals surface area contributed by atoms with Crippen molar-refractivity contribution in [2.75, 3.05) is 31.9 Å². The summed E-state index contributed by atoms with van der Waals surface area (Å²) in [6.45, 7) is 4.25. The Bertz CT molecular complexity index is 479. The molecule has 1 aromatic rings. The predicted octanol–water partition coefficient (Wildman–Crippen LogP) is 1.90. The second-order valence-corrected chi connectivity index (χ2v) is 6.30. The van der Waals surface area contributed by atoms with Crippen LogP contribution in [0.2, 0.25) is 0 Å². The molecule has 4 nitrogen and oxygen atoms in total. The van der Waals surface area contributed by atoms with Gasteiger partial charge in [-0.25, -0.2) is 0 Å². The number of rotatable bonds is 3. The zero-order valence-corrected chi connectivity index (χ0v) is 12.6. The van der Waals surface area contributed by atoms with Gasteiger partial charge in [-0.05, 0) is 56.5 Å². The lowest BCUT2D eigenvalue weighted by molar-refractivity contribution is -0.132. The molecule has 2 fully saturated rings. The third kappa shape index (κ3) is 3.56. The van der Waals surface area contributed by atoms with E-state index in [1.54, 1.807) is 0 Å². The summed E-state index contributed by atoms with van der Waals surface area (Å²) in [4.78, 5) is 17.1.